The van der Waals surface area contributed by atoms with Crippen LogP contribution in [-0.4, -0.2) is 18.7 Å². The Bertz CT molecular complexity index is 789. The van der Waals surface area contributed by atoms with Crippen LogP contribution in [0.5, 0.6) is 5.75 Å². The minimum Gasteiger partial charge on any atom is -0.497 e. The number of fused-ring (bicyclic) bond motifs is 3. The summed E-state index contributed by atoms with van der Waals surface area (Å²) in [6, 6.07) is 6.74. The summed E-state index contributed by atoms with van der Waals surface area (Å²) >= 11 is 0. The van der Waals surface area contributed by atoms with Crippen LogP contribution < -0.4 is 4.74 Å². The molecule has 152 valence electrons. The summed E-state index contributed by atoms with van der Waals surface area (Å²) in [6.45, 7) is 4.54. The first-order chi connectivity index (χ1) is 13.5. The number of hydrogen-bond donors (Lipinski definition) is 0. The first-order valence-corrected chi connectivity index (χ1v) is 11.4. The number of aryl methyl sites for hydroxylation is 1. The predicted octanol–water partition coefficient (Wildman–Crippen LogP) is 5.80. The highest BCUT2D eigenvalue weighted by Crippen LogP contribution is 2.78. The molecule has 0 amide bonds. The van der Waals surface area contributed by atoms with Gasteiger partial charge in [0, 0.05) is 11.8 Å². The number of carbonyl (C=O) groups excluding carboxylic acids is 1. The minimum atomic E-state index is -0.190. The number of carbonyl (C=O) groups is 1. The van der Waals surface area contributed by atoms with Crippen LogP contribution in [0.1, 0.15) is 88.7 Å². The molecule has 2 bridgehead atoms. The molecule has 3 atom stereocenters. The third kappa shape index (κ3) is 2.19. The number of methoxy groups -OCH3 is 1. The second kappa shape index (κ2) is 6.24. The first kappa shape index (κ1) is 18.5. The van der Waals surface area contributed by atoms with Gasteiger partial charge in [0.1, 0.15) is 11.4 Å². The van der Waals surface area contributed by atoms with Crippen LogP contribution in [0.3, 0.4) is 0 Å². The van der Waals surface area contributed by atoms with E-state index in [0.29, 0.717) is 17.8 Å². The van der Waals surface area contributed by atoms with E-state index in [1.807, 2.05) is 0 Å². The fraction of sp³-hybridized carbons (Fsp3) is 0.720. The Balaban J connectivity index is 1.49. The average Bonchev–Trinajstić information content (AvgIpc) is 3.10. The molecule has 3 nitrogen and oxygen atoms in total. The summed E-state index contributed by atoms with van der Waals surface area (Å²) in [5, 5.41) is 0. The van der Waals surface area contributed by atoms with Gasteiger partial charge in [0.2, 0.25) is 0 Å². The zero-order chi connectivity index (χ0) is 19.6. The number of hydrogen-bond acceptors (Lipinski definition) is 3. The lowest BCUT2D eigenvalue weighted by molar-refractivity contribution is -0.176. The smallest absolute Gasteiger partial charge is 0.306 e. The molecule has 1 aromatic carbocycles. The molecular weight excluding hydrogens is 348 g/mol. The van der Waals surface area contributed by atoms with Gasteiger partial charge in [-0.3, -0.25) is 4.79 Å². The van der Waals surface area contributed by atoms with Gasteiger partial charge in [-0.2, -0.15) is 0 Å². The van der Waals surface area contributed by atoms with E-state index in [1.54, 1.807) is 12.7 Å². The van der Waals surface area contributed by atoms with Crippen LogP contribution in [0.4, 0.5) is 0 Å². The molecule has 4 aliphatic carbocycles. The quantitative estimate of drug-likeness (QED) is 0.618. The Hall–Kier alpha value is -1.51. The van der Waals surface area contributed by atoms with Crippen molar-refractivity contribution in [1.29, 1.82) is 0 Å². The normalized spacial score (nSPS) is 40.4. The zero-order valence-corrected chi connectivity index (χ0v) is 17.7. The van der Waals surface area contributed by atoms with E-state index in [4.69, 9.17) is 9.47 Å². The second-order valence-corrected chi connectivity index (χ2v) is 10.1. The highest BCUT2D eigenvalue weighted by atomic mass is 16.6. The maximum atomic E-state index is 12.5. The molecule has 0 aromatic heterocycles. The standard InChI is InChI=1S/C25H34O3/c1-4-5-22(26)28-25-14-12-24(13-15-25)21-9-6-17-16-18(27-3)7-8-19(17)20(21)10-11-23(24,25)2/h7-8,16,20-21H,4-6,9-15H2,1-3H3/t20-,21-,23+,24-,25+/m1/s1. The lowest BCUT2D eigenvalue weighted by Gasteiger charge is -2.57. The van der Waals surface area contributed by atoms with Crippen LogP contribution in [0.25, 0.3) is 0 Å². The highest BCUT2D eigenvalue weighted by molar-refractivity contribution is 5.70. The molecule has 3 heteroatoms. The summed E-state index contributed by atoms with van der Waals surface area (Å²) < 4.78 is 11.8. The number of esters is 1. The van der Waals surface area contributed by atoms with Crippen molar-refractivity contribution in [2.24, 2.45) is 16.7 Å². The molecule has 0 heterocycles. The fourth-order valence-corrected chi connectivity index (χ4v) is 8.08. The van der Waals surface area contributed by atoms with Gasteiger partial charge < -0.3 is 9.47 Å². The third-order valence-corrected chi connectivity index (χ3v) is 9.44. The Morgan fingerprint density at radius 1 is 1.14 bits per heavy atom. The van der Waals surface area contributed by atoms with E-state index in [0.717, 1.165) is 37.4 Å². The molecule has 5 rings (SSSR count). The Morgan fingerprint density at radius 3 is 2.64 bits per heavy atom. The first-order valence-electron chi connectivity index (χ1n) is 11.4. The summed E-state index contributed by atoms with van der Waals surface area (Å²) in [5.74, 6) is 2.42. The van der Waals surface area contributed by atoms with E-state index in [1.165, 1.54) is 37.7 Å². The van der Waals surface area contributed by atoms with Crippen molar-refractivity contribution in [2.75, 3.05) is 7.11 Å². The average molecular weight is 383 g/mol. The van der Waals surface area contributed by atoms with Gasteiger partial charge in [-0.05, 0) is 98.3 Å². The van der Waals surface area contributed by atoms with E-state index < -0.39 is 0 Å². The molecule has 1 aromatic rings. The monoisotopic (exact) mass is 382 g/mol. The minimum absolute atomic E-state index is 0.0321. The van der Waals surface area contributed by atoms with Crippen LogP contribution in [0.2, 0.25) is 0 Å². The van der Waals surface area contributed by atoms with Crippen LogP contribution in [-0.2, 0) is 16.0 Å². The number of rotatable bonds is 4. The molecular formula is C25H34O3. The van der Waals surface area contributed by atoms with Crippen molar-refractivity contribution in [3.8, 4) is 5.75 Å². The van der Waals surface area contributed by atoms with E-state index in [-0.39, 0.29) is 17.0 Å². The Labute approximate surface area is 169 Å². The van der Waals surface area contributed by atoms with Crippen molar-refractivity contribution in [3.63, 3.8) is 0 Å². The molecule has 4 aliphatic rings. The van der Waals surface area contributed by atoms with Gasteiger partial charge in [-0.15, -0.1) is 0 Å². The lowest BCUT2D eigenvalue weighted by Crippen LogP contribution is -2.53. The van der Waals surface area contributed by atoms with Crippen molar-refractivity contribution < 1.29 is 14.3 Å². The molecule has 3 fully saturated rings. The van der Waals surface area contributed by atoms with Crippen LogP contribution >= 0.6 is 0 Å². The van der Waals surface area contributed by atoms with E-state index >= 15 is 0 Å². The molecule has 0 spiro atoms. The Kier molecular flexibility index (Phi) is 4.13. The largest absolute Gasteiger partial charge is 0.497 e. The maximum Gasteiger partial charge on any atom is 0.306 e. The van der Waals surface area contributed by atoms with E-state index in [9.17, 15) is 4.79 Å². The lowest BCUT2D eigenvalue weighted by atomic mass is 9.48. The number of benzene rings is 1. The van der Waals surface area contributed by atoms with Gasteiger partial charge in [0.15, 0.2) is 0 Å². The second-order valence-electron chi connectivity index (χ2n) is 10.1. The van der Waals surface area contributed by atoms with Crippen molar-refractivity contribution in [3.05, 3.63) is 29.3 Å². The highest BCUT2D eigenvalue weighted by Gasteiger charge is 2.75. The van der Waals surface area contributed by atoms with Gasteiger partial charge in [0.05, 0.1) is 7.11 Å². The van der Waals surface area contributed by atoms with Crippen LogP contribution in [0.15, 0.2) is 18.2 Å². The number of ether oxygens (including phenoxy) is 2. The molecule has 0 aliphatic heterocycles. The van der Waals surface area contributed by atoms with Gasteiger partial charge in [0.25, 0.3) is 0 Å². The fourth-order valence-electron chi connectivity index (χ4n) is 8.08. The molecule has 0 radical (unpaired) electrons. The molecule has 0 unspecified atom stereocenters. The zero-order valence-electron chi connectivity index (χ0n) is 17.7. The molecule has 28 heavy (non-hydrogen) atoms. The van der Waals surface area contributed by atoms with Crippen molar-refractivity contribution in [1.82, 2.24) is 0 Å². The van der Waals surface area contributed by atoms with E-state index in [2.05, 4.69) is 32.0 Å². The molecule has 0 N–H and O–H groups in total. The maximum absolute atomic E-state index is 12.5. The van der Waals surface area contributed by atoms with Crippen molar-refractivity contribution in [2.45, 2.75) is 89.6 Å². The summed E-state index contributed by atoms with van der Waals surface area (Å²) in [7, 11) is 1.76. The summed E-state index contributed by atoms with van der Waals surface area (Å²) in [4.78, 5) is 12.5. The van der Waals surface area contributed by atoms with Gasteiger partial charge in [-0.1, -0.05) is 19.9 Å². The summed E-state index contributed by atoms with van der Waals surface area (Å²) in [5.41, 5.74) is 3.40. The molecule has 3 saturated carbocycles. The topological polar surface area (TPSA) is 35.5 Å². The van der Waals surface area contributed by atoms with Crippen LogP contribution in [0, 0.1) is 16.7 Å². The Morgan fingerprint density at radius 2 is 1.93 bits per heavy atom. The molecule has 0 saturated heterocycles. The predicted molar refractivity (Wildman–Crippen MR) is 110 cm³/mol. The van der Waals surface area contributed by atoms with Crippen molar-refractivity contribution >= 4 is 5.97 Å². The SMILES string of the molecule is CCCC(=O)O[C@]12CC[C@]3(CC1)[C@@H]1CCc4cc(OC)ccc4[C@H]1CC[C@]23C. The third-order valence-electron chi connectivity index (χ3n) is 9.44. The van der Waals surface area contributed by atoms with Gasteiger partial charge in [-0.25, -0.2) is 0 Å². The summed E-state index contributed by atoms with van der Waals surface area (Å²) in [6.07, 6.45) is 11.0. The van der Waals surface area contributed by atoms with Gasteiger partial charge >= 0.3 is 5.97 Å².